The monoisotopic (exact) mass is 470 g/mol. The smallest absolute Gasteiger partial charge is 0.193 e. The molecule has 0 spiro atoms. The van der Waals surface area contributed by atoms with Crippen molar-refractivity contribution in [1.82, 2.24) is 14.8 Å². The third kappa shape index (κ3) is 4.85. The first-order valence-corrected chi connectivity index (χ1v) is 7.53. The van der Waals surface area contributed by atoms with Gasteiger partial charge in [0.25, 0.3) is 0 Å². The minimum absolute atomic E-state index is 0. The number of nitrogens with zero attached hydrogens (tertiary/aromatic N) is 3. The number of halogens is 2. The lowest BCUT2D eigenvalue weighted by atomic mass is 9.89. The molecule has 2 heterocycles. The Balaban J connectivity index is 0.00000220. The van der Waals surface area contributed by atoms with E-state index in [2.05, 4.69) is 69.0 Å². The SMILES string of the molecule is CN=C(NCC1(C)COC1)N(C)Cc1cc(Br)cn1C.I. The van der Waals surface area contributed by atoms with E-state index in [4.69, 9.17) is 4.74 Å². The van der Waals surface area contributed by atoms with Crippen LogP contribution in [0.3, 0.4) is 0 Å². The lowest BCUT2D eigenvalue weighted by molar-refractivity contribution is -0.0972. The summed E-state index contributed by atoms with van der Waals surface area (Å²) in [6.07, 6.45) is 2.06. The lowest BCUT2D eigenvalue weighted by Gasteiger charge is -2.39. The van der Waals surface area contributed by atoms with E-state index in [1.165, 1.54) is 5.69 Å². The first kappa shape index (κ1) is 18.8. The van der Waals surface area contributed by atoms with Crippen molar-refractivity contribution in [3.63, 3.8) is 0 Å². The van der Waals surface area contributed by atoms with E-state index < -0.39 is 0 Å². The van der Waals surface area contributed by atoms with Gasteiger partial charge in [-0.15, -0.1) is 24.0 Å². The number of hydrogen-bond acceptors (Lipinski definition) is 2. The molecule has 21 heavy (non-hydrogen) atoms. The molecule has 0 aromatic carbocycles. The molecule has 1 N–H and O–H groups in total. The van der Waals surface area contributed by atoms with Gasteiger partial charge >= 0.3 is 0 Å². The van der Waals surface area contributed by atoms with Crippen molar-refractivity contribution in [2.24, 2.45) is 17.5 Å². The van der Waals surface area contributed by atoms with Gasteiger partial charge in [0.2, 0.25) is 0 Å². The maximum atomic E-state index is 5.28. The summed E-state index contributed by atoms with van der Waals surface area (Å²) in [7, 11) is 5.92. The van der Waals surface area contributed by atoms with Crippen molar-refractivity contribution in [1.29, 1.82) is 0 Å². The molecule has 1 saturated heterocycles. The largest absolute Gasteiger partial charge is 0.380 e. The summed E-state index contributed by atoms with van der Waals surface area (Å²) >= 11 is 3.50. The summed E-state index contributed by atoms with van der Waals surface area (Å²) in [5.41, 5.74) is 1.48. The van der Waals surface area contributed by atoms with E-state index in [-0.39, 0.29) is 29.4 Å². The van der Waals surface area contributed by atoms with Crippen LogP contribution in [-0.2, 0) is 18.3 Å². The molecule has 5 nitrogen and oxygen atoms in total. The highest BCUT2D eigenvalue weighted by Crippen LogP contribution is 2.25. The van der Waals surface area contributed by atoms with Crippen LogP contribution in [0.1, 0.15) is 12.6 Å². The summed E-state index contributed by atoms with van der Waals surface area (Å²) in [6, 6.07) is 2.13. The maximum Gasteiger partial charge on any atom is 0.193 e. The highest BCUT2D eigenvalue weighted by atomic mass is 127. The normalized spacial score (nSPS) is 16.9. The number of ether oxygens (including phenoxy) is 1. The zero-order valence-corrected chi connectivity index (χ0v) is 16.9. The number of nitrogens with one attached hydrogen (secondary N) is 1. The summed E-state index contributed by atoms with van der Waals surface area (Å²) < 4.78 is 8.50. The summed E-state index contributed by atoms with van der Waals surface area (Å²) in [5.74, 6) is 0.912. The van der Waals surface area contributed by atoms with E-state index in [1.807, 2.05) is 7.05 Å². The van der Waals surface area contributed by atoms with Crippen molar-refractivity contribution in [3.05, 3.63) is 22.4 Å². The van der Waals surface area contributed by atoms with Crippen LogP contribution in [0.2, 0.25) is 0 Å². The number of aromatic nitrogens is 1. The predicted molar refractivity (Wildman–Crippen MR) is 100 cm³/mol. The van der Waals surface area contributed by atoms with Gasteiger partial charge in [0.05, 0.1) is 19.8 Å². The molecule has 2 rings (SSSR count). The minimum Gasteiger partial charge on any atom is -0.380 e. The van der Waals surface area contributed by atoms with Crippen LogP contribution in [0.15, 0.2) is 21.7 Å². The minimum atomic E-state index is 0. The third-order valence-electron chi connectivity index (χ3n) is 3.62. The molecule has 120 valence electrons. The molecular weight excluding hydrogens is 447 g/mol. The molecule has 0 unspecified atom stereocenters. The molecular formula is C14H24BrIN4O. The molecule has 0 aliphatic carbocycles. The first-order chi connectivity index (χ1) is 9.43. The number of aliphatic imine (C=N–C) groups is 1. The van der Waals surface area contributed by atoms with Crippen LogP contribution in [0.25, 0.3) is 0 Å². The van der Waals surface area contributed by atoms with Gasteiger partial charge in [0, 0.05) is 49.5 Å². The molecule has 0 amide bonds. The molecule has 1 aliphatic rings. The quantitative estimate of drug-likeness (QED) is 0.417. The van der Waals surface area contributed by atoms with Crippen molar-refractivity contribution in [3.8, 4) is 0 Å². The molecule has 0 radical (unpaired) electrons. The summed E-state index contributed by atoms with van der Waals surface area (Å²) in [4.78, 5) is 6.48. The van der Waals surface area contributed by atoms with Gasteiger partial charge in [-0.25, -0.2) is 0 Å². The zero-order chi connectivity index (χ0) is 14.8. The Morgan fingerprint density at radius 3 is 2.67 bits per heavy atom. The first-order valence-electron chi connectivity index (χ1n) is 6.74. The lowest BCUT2D eigenvalue weighted by Crippen LogP contribution is -2.51. The standard InChI is InChI=1S/C14H23BrN4O.HI/c1-14(9-20-10-14)8-17-13(16-2)19(4)7-12-5-11(15)6-18(12)3;/h5-6H,7-10H2,1-4H3,(H,16,17);1H. The van der Waals surface area contributed by atoms with E-state index in [9.17, 15) is 0 Å². The van der Waals surface area contributed by atoms with Crippen molar-refractivity contribution >= 4 is 45.9 Å². The van der Waals surface area contributed by atoms with E-state index in [0.717, 1.165) is 36.7 Å². The Hall–Kier alpha value is -0.280. The Morgan fingerprint density at radius 2 is 2.24 bits per heavy atom. The fourth-order valence-electron chi connectivity index (χ4n) is 2.27. The Kier molecular flexibility index (Phi) is 6.99. The van der Waals surface area contributed by atoms with Gasteiger partial charge in [-0.3, -0.25) is 4.99 Å². The topological polar surface area (TPSA) is 41.8 Å². The van der Waals surface area contributed by atoms with Gasteiger partial charge in [-0.2, -0.15) is 0 Å². The second kappa shape index (κ2) is 7.82. The van der Waals surface area contributed by atoms with Crippen molar-refractivity contribution in [2.45, 2.75) is 13.5 Å². The van der Waals surface area contributed by atoms with Crippen LogP contribution in [0.5, 0.6) is 0 Å². The molecule has 1 fully saturated rings. The van der Waals surface area contributed by atoms with Crippen LogP contribution < -0.4 is 5.32 Å². The predicted octanol–water partition coefficient (Wildman–Crippen LogP) is 2.45. The fourth-order valence-corrected chi connectivity index (χ4v) is 2.84. The number of hydrogen-bond donors (Lipinski definition) is 1. The molecule has 1 aromatic heterocycles. The van der Waals surface area contributed by atoms with Gasteiger partial charge in [-0.05, 0) is 22.0 Å². The highest BCUT2D eigenvalue weighted by Gasteiger charge is 2.33. The fraction of sp³-hybridized carbons (Fsp3) is 0.643. The van der Waals surface area contributed by atoms with Crippen LogP contribution in [0, 0.1) is 5.41 Å². The van der Waals surface area contributed by atoms with Crippen molar-refractivity contribution < 1.29 is 4.74 Å². The molecule has 1 aromatic rings. The third-order valence-corrected chi connectivity index (χ3v) is 4.06. The number of aryl methyl sites for hydroxylation is 1. The Bertz CT molecular complexity index is 499. The zero-order valence-electron chi connectivity index (χ0n) is 13.0. The Morgan fingerprint density at radius 1 is 1.57 bits per heavy atom. The Labute approximate surface area is 152 Å². The van der Waals surface area contributed by atoms with Gasteiger partial charge in [-0.1, -0.05) is 6.92 Å². The second-order valence-electron chi connectivity index (χ2n) is 5.82. The maximum absolute atomic E-state index is 5.28. The van der Waals surface area contributed by atoms with Gasteiger partial charge in [0.1, 0.15) is 0 Å². The average Bonchev–Trinajstić information content (AvgIpc) is 2.66. The molecule has 0 atom stereocenters. The van der Waals surface area contributed by atoms with E-state index >= 15 is 0 Å². The highest BCUT2D eigenvalue weighted by molar-refractivity contribution is 14.0. The molecule has 7 heteroatoms. The molecule has 0 bridgehead atoms. The number of guanidine groups is 1. The van der Waals surface area contributed by atoms with Crippen LogP contribution in [0.4, 0.5) is 0 Å². The van der Waals surface area contributed by atoms with Gasteiger partial charge in [0.15, 0.2) is 5.96 Å². The average molecular weight is 471 g/mol. The molecule has 0 saturated carbocycles. The van der Waals surface area contributed by atoms with E-state index in [0.29, 0.717) is 0 Å². The second-order valence-corrected chi connectivity index (χ2v) is 6.74. The summed E-state index contributed by atoms with van der Waals surface area (Å²) in [5, 5.41) is 3.43. The molecule has 1 aliphatic heterocycles. The van der Waals surface area contributed by atoms with Gasteiger partial charge < -0.3 is 19.5 Å². The van der Waals surface area contributed by atoms with Crippen LogP contribution >= 0.6 is 39.9 Å². The van der Waals surface area contributed by atoms with Crippen LogP contribution in [-0.4, -0.2) is 49.3 Å². The number of rotatable bonds is 4. The summed E-state index contributed by atoms with van der Waals surface area (Å²) in [6.45, 7) is 5.58. The van der Waals surface area contributed by atoms with Crippen molar-refractivity contribution in [2.75, 3.05) is 33.9 Å². The van der Waals surface area contributed by atoms with E-state index in [1.54, 1.807) is 0 Å².